The van der Waals surface area contributed by atoms with E-state index in [9.17, 15) is 0 Å². The Hall–Kier alpha value is -0.780. The van der Waals surface area contributed by atoms with Crippen molar-refractivity contribution in [3.05, 3.63) is 35.9 Å². The Labute approximate surface area is 150 Å². The van der Waals surface area contributed by atoms with Crippen molar-refractivity contribution in [1.82, 2.24) is 0 Å². The van der Waals surface area contributed by atoms with Crippen LogP contribution in [-0.4, -0.2) is 0 Å². The first-order valence-corrected chi connectivity index (χ1v) is 10.9. The van der Waals surface area contributed by atoms with Crippen LogP contribution in [-0.2, 0) is 5.41 Å². The molecule has 134 valence electrons. The van der Waals surface area contributed by atoms with E-state index in [0.717, 1.165) is 11.8 Å². The summed E-state index contributed by atoms with van der Waals surface area (Å²) in [6.45, 7) is 2.32. The fourth-order valence-electron chi connectivity index (χ4n) is 5.67. The minimum atomic E-state index is 0.506. The van der Waals surface area contributed by atoms with Crippen molar-refractivity contribution >= 4 is 0 Å². The summed E-state index contributed by atoms with van der Waals surface area (Å²) in [7, 11) is 0. The van der Waals surface area contributed by atoms with Crippen LogP contribution in [0.4, 0.5) is 0 Å². The molecule has 1 unspecified atom stereocenters. The van der Waals surface area contributed by atoms with Crippen molar-refractivity contribution in [2.24, 2.45) is 11.8 Å². The van der Waals surface area contributed by atoms with Crippen LogP contribution in [0.1, 0.15) is 102 Å². The van der Waals surface area contributed by atoms with Crippen LogP contribution in [0.2, 0.25) is 0 Å². The minimum absolute atomic E-state index is 0.506. The first-order chi connectivity index (χ1) is 11.9. The zero-order valence-electron chi connectivity index (χ0n) is 15.9. The van der Waals surface area contributed by atoms with Gasteiger partial charge in [0.1, 0.15) is 0 Å². The number of rotatable bonds is 9. The van der Waals surface area contributed by atoms with E-state index in [1.165, 1.54) is 89.9 Å². The molecule has 0 bridgehead atoms. The van der Waals surface area contributed by atoms with Gasteiger partial charge in [0, 0.05) is 5.41 Å². The average Bonchev–Trinajstić information content (AvgIpc) is 2.60. The fourth-order valence-corrected chi connectivity index (χ4v) is 5.67. The quantitative estimate of drug-likeness (QED) is 0.408. The molecule has 2 aliphatic carbocycles. The molecule has 0 nitrogen and oxygen atoms in total. The molecule has 1 aromatic rings. The van der Waals surface area contributed by atoms with Gasteiger partial charge in [-0.05, 0) is 49.5 Å². The minimum Gasteiger partial charge on any atom is -0.0654 e. The van der Waals surface area contributed by atoms with Crippen LogP contribution in [0.25, 0.3) is 0 Å². The molecule has 0 aromatic heterocycles. The highest BCUT2D eigenvalue weighted by Crippen LogP contribution is 2.55. The van der Waals surface area contributed by atoms with Crippen LogP contribution in [0.5, 0.6) is 0 Å². The number of hydrogen-bond donors (Lipinski definition) is 0. The third-order valence-electron chi connectivity index (χ3n) is 7.17. The molecule has 0 radical (unpaired) electrons. The lowest BCUT2D eigenvalue weighted by Gasteiger charge is -2.52. The summed E-state index contributed by atoms with van der Waals surface area (Å²) in [5.74, 6) is 1.92. The van der Waals surface area contributed by atoms with Crippen LogP contribution in [0, 0.1) is 11.8 Å². The van der Waals surface area contributed by atoms with Crippen molar-refractivity contribution < 1.29 is 0 Å². The van der Waals surface area contributed by atoms with Gasteiger partial charge >= 0.3 is 0 Å². The summed E-state index contributed by atoms with van der Waals surface area (Å²) >= 11 is 0. The van der Waals surface area contributed by atoms with Gasteiger partial charge in [-0.3, -0.25) is 0 Å². The van der Waals surface area contributed by atoms with Gasteiger partial charge in [0.15, 0.2) is 0 Å². The van der Waals surface area contributed by atoms with E-state index in [2.05, 4.69) is 37.3 Å². The summed E-state index contributed by atoms with van der Waals surface area (Å²) in [6.07, 6.45) is 20.4. The van der Waals surface area contributed by atoms with Gasteiger partial charge in [-0.25, -0.2) is 0 Å². The number of unbranched alkanes of at least 4 members (excludes halogenated alkanes) is 4. The van der Waals surface area contributed by atoms with Gasteiger partial charge in [-0.1, -0.05) is 95.0 Å². The Morgan fingerprint density at radius 1 is 0.750 bits per heavy atom. The third-order valence-corrected chi connectivity index (χ3v) is 7.17. The van der Waals surface area contributed by atoms with Crippen LogP contribution >= 0.6 is 0 Å². The normalized spacial score (nSPS) is 22.0. The highest BCUT2D eigenvalue weighted by atomic mass is 14.5. The van der Waals surface area contributed by atoms with Gasteiger partial charge < -0.3 is 0 Å². The van der Waals surface area contributed by atoms with Crippen molar-refractivity contribution in [2.45, 2.75) is 102 Å². The second-order valence-electron chi connectivity index (χ2n) is 8.53. The van der Waals surface area contributed by atoms with E-state index < -0.39 is 0 Å². The molecule has 2 saturated carbocycles. The van der Waals surface area contributed by atoms with Gasteiger partial charge in [0.05, 0.1) is 0 Å². The van der Waals surface area contributed by atoms with E-state index in [4.69, 9.17) is 0 Å². The fraction of sp³-hybridized carbons (Fsp3) is 0.750. The Kier molecular flexibility index (Phi) is 6.81. The second-order valence-corrected chi connectivity index (χ2v) is 8.53. The molecular weight excluding hydrogens is 288 g/mol. The van der Waals surface area contributed by atoms with Crippen molar-refractivity contribution in [2.75, 3.05) is 0 Å². The molecule has 2 aliphatic rings. The summed E-state index contributed by atoms with van der Waals surface area (Å²) in [5.41, 5.74) is 2.20. The summed E-state index contributed by atoms with van der Waals surface area (Å²) < 4.78 is 0. The van der Waals surface area contributed by atoms with Gasteiger partial charge in [-0.2, -0.15) is 0 Å². The van der Waals surface area contributed by atoms with Crippen LogP contribution in [0.3, 0.4) is 0 Å². The molecule has 0 spiro atoms. The summed E-state index contributed by atoms with van der Waals surface area (Å²) in [6, 6.07) is 11.7. The highest BCUT2D eigenvalue weighted by Gasteiger charge is 2.47. The maximum Gasteiger partial charge on any atom is 0.000945 e. The highest BCUT2D eigenvalue weighted by molar-refractivity contribution is 5.29. The Morgan fingerprint density at radius 3 is 1.96 bits per heavy atom. The second kappa shape index (κ2) is 9.07. The van der Waals surface area contributed by atoms with Gasteiger partial charge in [0.25, 0.3) is 0 Å². The van der Waals surface area contributed by atoms with Crippen molar-refractivity contribution in [3.8, 4) is 0 Å². The zero-order valence-corrected chi connectivity index (χ0v) is 15.9. The van der Waals surface area contributed by atoms with E-state index in [1.807, 2.05) is 0 Å². The van der Waals surface area contributed by atoms with Crippen LogP contribution < -0.4 is 0 Å². The molecule has 1 aromatic carbocycles. The van der Waals surface area contributed by atoms with Crippen molar-refractivity contribution in [3.63, 3.8) is 0 Å². The topological polar surface area (TPSA) is 0 Å². The molecule has 0 aliphatic heterocycles. The zero-order chi connectivity index (χ0) is 16.7. The lowest BCUT2D eigenvalue weighted by molar-refractivity contribution is 0.0629. The molecule has 2 fully saturated rings. The molecule has 0 heteroatoms. The molecule has 0 N–H and O–H groups in total. The lowest BCUT2D eigenvalue weighted by Crippen LogP contribution is -2.46. The van der Waals surface area contributed by atoms with E-state index in [-0.39, 0.29) is 0 Å². The molecule has 24 heavy (non-hydrogen) atoms. The van der Waals surface area contributed by atoms with E-state index in [0.29, 0.717) is 5.41 Å². The maximum absolute atomic E-state index is 2.47. The standard InChI is InChI=1S/C24H38/c1-2-3-4-5-12-20-24(23-18-13-19-23,21-14-8-6-9-15-21)22-16-10-7-11-17-22/h6,8-9,14-15,22-23H,2-5,7,10-13,16-20H2,1H3. The lowest BCUT2D eigenvalue weighted by atomic mass is 9.52. The maximum atomic E-state index is 2.47. The summed E-state index contributed by atoms with van der Waals surface area (Å²) in [5, 5.41) is 0. The number of hydrogen-bond acceptors (Lipinski definition) is 0. The Morgan fingerprint density at radius 2 is 1.38 bits per heavy atom. The average molecular weight is 327 g/mol. The molecule has 1 atom stereocenters. The molecule has 0 saturated heterocycles. The predicted octanol–water partition coefficient (Wildman–Crippen LogP) is 7.67. The first-order valence-electron chi connectivity index (χ1n) is 10.9. The monoisotopic (exact) mass is 326 g/mol. The van der Waals surface area contributed by atoms with E-state index in [1.54, 1.807) is 5.56 Å². The van der Waals surface area contributed by atoms with Gasteiger partial charge in [0.2, 0.25) is 0 Å². The molecule has 0 amide bonds. The molecule has 0 heterocycles. The Bertz CT molecular complexity index is 452. The third kappa shape index (κ3) is 3.89. The number of benzene rings is 1. The van der Waals surface area contributed by atoms with Crippen molar-refractivity contribution in [1.29, 1.82) is 0 Å². The molecular formula is C24H38. The SMILES string of the molecule is CCCCCCCC(c1ccccc1)(C1CCCCC1)C1CCC1. The van der Waals surface area contributed by atoms with Crippen LogP contribution in [0.15, 0.2) is 30.3 Å². The first kappa shape index (κ1) is 18.0. The van der Waals surface area contributed by atoms with E-state index >= 15 is 0 Å². The predicted molar refractivity (Wildman–Crippen MR) is 105 cm³/mol. The smallest absolute Gasteiger partial charge is 0.000945 e. The largest absolute Gasteiger partial charge is 0.0654 e. The van der Waals surface area contributed by atoms with Gasteiger partial charge in [-0.15, -0.1) is 0 Å². The molecule has 3 rings (SSSR count). The summed E-state index contributed by atoms with van der Waals surface area (Å²) in [4.78, 5) is 0. The Balaban J connectivity index is 1.81.